The van der Waals surface area contributed by atoms with E-state index in [4.69, 9.17) is 4.74 Å². The van der Waals surface area contributed by atoms with Crippen LogP contribution < -0.4 is 9.64 Å². The van der Waals surface area contributed by atoms with Crippen molar-refractivity contribution in [3.63, 3.8) is 0 Å². The van der Waals surface area contributed by atoms with Crippen molar-refractivity contribution in [1.29, 1.82) is 0 Å². The number of ether oxygens (including phenoxy) is 1. The summed E-state index contributed by atoms with van der Waals surface area (Å²) in [6.45, 7) is 5.68. The maximum absolute atomic E-state index is 11.4. The van der Waals surface area contributed by atoms with E-state index in [0.717, 1.165) is 6.42 Å². The summed E-state index contributed by atoms with van der Waals surface area (Å²) in [6.07, 6.45) is 3.81. The fourth-order valence-electron chi connectivity index (χ4n) is 2.43. The van der Waals surface area contributed by atoms with Crippen LogP contribution in [0.4, 0.5) is 5.95 Å². The van der Waals surface area contributed by atoms with Gasteiger partial charge in [0.2, 0.25) is 11.8 Å². The number of rotatable bonds is 6. The second kappa shape index (κ2) is 6.07. The lowest BCUT2D eigenvalue weighted by molar-refractivity contribution is -0.147. The summed E-state index contributed by atoms with van der Waals surface area (Å²) in [7, 11) is 0. The number of nitrogens with zero attached hydrogens (tertiary/aromatic N) is 3. The Labute approximate surface area is 118 Å². The molecule has 0 aromatic carbocycles. The lowest BCUT2D eigenvalue weighted by Crippen LogP contribution is -2.34. The Morgan fingerprint density at radius 1 is 1.55 bits per heavy atom. The highest BCUT2D eigenvalue weighted by atomic mass is 16.5. The number of aromatic nitrogens is 2. The Hall–Kier alpha value is -1.85. The second-order valence-electron chi connectivity index (χ2n) is 5.15. The third kappa shape index (κ3) is 2.84. The van der Waals surface area contributed by atoms with Gasteiger partial charge in [-0.1, -0.05) is 13.8 Å². The molecule has 0 amide bonds. The van der Waals surface area contributed by atoms with E-state index >= 15 is 0 Å². The van der Waals surface area contributed by atoms with Gasteiger partial charge in [0.1, 0.15) is 0 Å². The minimum atomic E-state index is -0.735. The molecular weight excluding hydrogens is 258 g/mol. The van der Waals surface area contributed by atoms with Gasteiger partial charge in [0.15, 0.2) is 0 Å². The van der Waals surface area contributed by atoms with Crippen molar-refractivity contribution in [2.24, 2.45) is 5.41 Å². The fourth-order valence-corrected chi connectivity index (χ4v) is 2.43. The van der Waals surface area contributed by atoms with E-state index in [1.54, 1.807) is 12.3 Å². The minimum Gasteiger partial charge on any atom is -0.481 e. The molecule has 2 heterocycles. The Morgan fingerprint density at radius 2 is 2.35 bits per heavy atom. The standard InChI is InChI=1S/C14H21N3O3/c1-3-9-20-11-5-7-15-13(16-11)17-8-6-14(4-2,10-17)12(18)19/h5,7H,3-4,6,8-10H2,1-2H3,(H,18,19). The normalized spacial score (nSPS) is 22.0. The Morgan fingerprint density at radius 3 is 2.95 bits per heavy atom. The van der Waals surface area contributed by atoms with Gasteiger partial charge in [0.25, 0.3) is 0 Å². The van der Waals surface area contributed by atoms with Gasteiger partial charge < -0.3 is 14.7 Å². The zero-order valence-electron chi connectivity index (χ0n) is 12.0. The van der Waals surface area contributed by atoms with Crippen molar-refractivity contribution in [3.8, 4) is 5.88 Å². The molecule has 1 N–H and O–H groups in total. The molecule has 0 radical (unpaired) electrons. The number of carboxylic acids is 1. The first-order valence-electron chi connectivity index (χ1n) is 7.05. The summed E-state index contributed by atoms with van der Waals surface area (Å²) in [5, 5.41) is 9.41. The minimum absolute atomic E-state index is 0.454. The van der Waals surface area contributed by atoms with Crippen LogP contribution >= 0.6 is 0 Å². The van der Waals surface area contributed by atoms with Gasteiger partial charge in [0.05, 0.1) is 12.0 Å². The molecule has 0 saturated carbocycles. The number of carboxylic acid groups (broad SMARTS) is 1. The molecule has 6 nitrogen and oxygen atoms in total. The van der Waals surface area contributed by atoms with Crippen molar-refractivity contribution in [1.82, 2.24) is 9.97 Å². The average Bonchev–Trinajstić information content (AvgIpc) is 2.91. The van der Waals surface area contributed by atoms with Gasteiger partial charge in [-0.05, 0) is 19.3 Å². The molecule has 2 rings (SSSR count). The molecular formula is C14H21N3O3. The van der Waals surface area contributed by atoms with E-state index in [2.05, 4.69) is 9.97 Å². The first kappa shape index (κ1) is 14.6. The molecule has 0 bridgehead atoms. The summed E-state index contributed by atoms with van der Waals surface area (Å²) in [4.78, 5) is 22.0. The van der Waals surface area contributed by atoms with Crippen LogP contribution in [-0.2, 0) is 4.79 Å². The van der Waals surface area contributed by atoms with E-state index in [9.17, 15) is 9.90 Å². The molecule has 1 fully saturated rings. The van der Waals surface area contributed by atoms with Crippen molar-refractivity contribution in [3.05, 3.63) is 12.3 Å². The quantitative estimate of drug-likeness (QED) is 0.858. The zero-order valence-corrected chi connectivity index (χ0v) is 12.0. The summed E-state index contributed by atoms with van der Waals surface area (Å²) in [5.74, 6) is 0.359. The Kier molecular flexibility index (Phi) is 4.42. The molecule has 110 valence electrons. The van der Waals surface area contributed by atoms with Crippen LogP contribution in [0.15, 0.2) is 12.3 Å². The Balaban J connectivity index is 2.11. The van der Waals surface area contributed by atoms with E-state index in [-0.39, 0.29) is 0 Å². The van der Waals surface area contributed by atoms with Crippen LogP contribution in [0.3, 0.4) is 0 Å². The molecule has 0 aliphatic carbocycles. The third-order valence-corrected chi connectivity index (χ3v) is 3.84. The zero-order chi connectivity index (χ0) is 14.6. The van der Waals surface area contributed by atoms with E-state index in [0.29, 0.717) is 44.4 Å². The summed E-state index contributed by atoms with van der Waals surface area (Å²) < 4.78 is 5.49. The van der Waals surface area contributed by atoms with Crippen LogP contribution in [-0.4, -0.2) is 40.7 Å². The topological polar surface area (TPSA) is 75.5 Å². The van der Waals surface area contributed by atoms with Crippen molar-refractivity contribution >= 4 is 11.9 Å². The number of carbonyl (C=O) groups is 1. The maximum Gasteiger partial charge on any atom is 0.311 e. The first-order valence-corrected chi connectivity index (χ1v) is 7.05. The van der Waals surface area contributed by atoms with Gasteiger partial charge in [-0.25, -0.2) is 4.98 Å². The van der Waals surface area contributed by atoms with Gasteiger partial charge in [-0.15, -0.1) is 0 Å². The number of hydrogen-bond donors (Lipinski definition) is 1. The van der Waals surface area contributed by atoms with E-state index in [1.807, 2.05) is 18.7 Å². The maximum atomic E-state index is 11.4. The number of hydrogen-bond acceptors (Lipinski definition) is 5. The fraction of sp³-hybridized carbons (Fsp3) is 0.643. The molecule has 1 aromatic rings. The molecule has 1 unspecified atom stereocenters. The van der Waals surface area contributed by atoms with Gasteiger partial charge in [-0.2, -0.15) is 4.98 Å². The van der Waals surface area contributed by atoms with Crippen LogP contribution in [0.2, 0.25) is 0 Å². The third-order valence-electron chi connectivity index (χ3n) is 3.84. The number of anilines is 1. The SMILES string of the molecule is CCCOc1ccnc(N2CCC(CC)(C(=O)O)C2)n1. The predicted molar refractivity (Wildman–Crippen MR) is 75.0 cm³/mol. The highest BCUT2D eigenvalue weighted by Crippen LogP contribution is 2.35. The summed E-state index contributed by atoms with van der Waals surface area (Å²) in [6, 6.07) is 1.72. The second-order valence-corrected chi connectivity index (χ2v) is 5.15. The van der Waals surface area contributed by atoms with E-state index in [1.165, 1.54) is 0 Å². The Bertz CT molecular complexity index is 480. The molecule has 1 atom stereocenters. The molecule has 20 heavy (non-hydrogen) atoms. The van der Waals surface area contributed by atoms with Crippen molar-refractivity contribution in [2.75, 3.05) is 24.6 Å². The van der Waals surface area contributed by atoms with Gasteiger partial charge in [-0.3, -0.25) is 4.79 Å². The molecule has 1 aromatic heterocycles. The largest absolute Gasteiger partial charge is 0.481 e. The highest BCUT2D eigenvalue weighted by molar-refractivity contribution is 5.76. The average molecular weight is 279 g/mol. The van der Waals surface area contributed by atoms with Crippen LogP contribution in [0.5, 0.6) is 5.88 Å². The molecule has 1 saturated heterocycles. The van der Waals surface area contributed by atoms with Crippen LogP contribution in [0.25, 0.3) is 0 Å². The van der Waals surface area contributed by atoms with Crippen LogP contribution in [0.1, 0.15) is 33.1 Å². The lowest BCUT2D eigenvalue weighted by Gasteiger charge is -2.23. The summed E-state index contributed by atoms with van der Waals surface area (Å²) >= 11 is 0. The van der Waals surface area contributed by atoms with Gasteiger partial charge in [0, 0.05) is 25.4 Å². The smallest absolute Gasteiger partial charge is 0.311 e. The number of aliphatic carboxylic acids is 1. The molecule has 0 spiro atoms. The monoisotopic (exact) mass is 279 g/mol. The first-order chi connectivity index (χ1) is 9.61. The van der Waals surface area contributed by atoms with Crippen LogP contribution in [0, 0.1) is 5.41 Å². The highest BCUT2D eigenvalue weighted by Gasteiger charge is 2.44. The molecule has 6 heteroatoms. The summed E-state index contributed by atoms with van der Waals surface area (Å²) in [5.41, 5.74) is -0.677. The molecule has 1 aliphatic rings. The van der Waals surface area contributed by atoms with E-state index < -0.39 is 11.4 Å². The van der Waals surface area contributed by atoms with Crippen molar-refractivity contribution in [2.45, 2.75) is 33.1 Å². The molecule has 1 aliphatic heterocycles. The lowest BCUT2D eigenvalue weighted by atomic mass is 9.84. The van der Waals surface area contributed by atoms with Crippen molar-refractivity contribution < 1.29 is 14.6 Å². The predicted octanol–water partition coefficient (Wildman–Crippen LogP) is 1.96. The van der Waals surface area contributed by atoms with Gasteiger partial charge >= 0.3 is 5.97 Å².